The zero-order valence-corrected chi connectivity index (χ0v) is 12.3. The van der Waals surface area contributed by atoms with Gasteiger partial charge in [0, 0.05) is 27.2 Å². The topological polar surface area (TPSA) is 102 Å². The summed E-state index contributed by atoms with van der Waals surface area (Å²) >= 11 is 0. The summed E-state index contributed by atoms with van der Waals surface area (Å²) in [4.78, 5) is 33.7. The normalized spacial score (nSPS) is 19.4. The molecule has 2 aromatic rings. The fourth-order valence-corrected chi connectivity index (χ4v) is 2.91. The van der Waals surface area contributed by atoms with Crippen LogP contribution in [-0.4, -0.2) is 38.7 Å². The van der Waals surface area contributed by atoms with Gasteiger partial charge in [-0.15, -0.1) is 0 Å². The number of nitrogens with zero attached hydrogens (tertiary/aromatic N) is 4. The molecule has 114 valence electrons. The molecule has 3 rings (SSSR count). The van der Waals surface area contributed by atoms with E-state index in [0.717, 1.165) is 30.5 Å². The van der Waals surface area contributed by atoms with E-state index < -0.39 is 0 Å². The van der Waals surface area contributed by atoms with Crippen LogP contribution in [0.2, 0.25) is 0 Å². The first-order valence-corrected chi connectivity index (χ1v) is 7.13. The lowest BCUT2D eigenvalue weighted by Gasteiger charge is -2.31. The molecule has 1 unspecified atom stereocenters. The summed E-state index contributed by atoms with van der Waals surface area (Å²) in [6.07, 6.45) is 2.17. The molecule has 8 nitrogen and oxygen atoms in total. The Morgan fingerprint density at radius 1 is 1.33 bits per heavy atom. The van der Waals surface area contributed by atoms with E-state index in [4.69, 9.17) is 5.73 Å². The third kappa shape index (κ3) is 2.15. The van der Waals surface area contributed by atoms with Crippen molar-refractivity contribution in [2.45, 2.75) is 12.8 Å². The maximum atomic E-state index is 12.2. The second-order valence-electron chi connectivity index (χ2n) is 5.65. The zero-order valence-electron chi connectivity index (χ0n) is 12.3. The number of nitrogens with two attached hydrogens (primary N) is 1. The van der Waals surface area contributed by atoms with Crippen LogP contribution >= 0.6 is 0 Å². The van der Waals surface area contributed by atoms with Gasteiger partial charge in [-0.3, -0.25) is 13.9 Å². The summed E-state index contributed by atoms with van der Waals surface area (Å²) in [5.74, 6) is 1.08. The molecule has 0 saturated carbocycles. The third-order valence-electron chi connectivity index (χ3n) is 4.23. The number of imidazole rings is 1. The number of hydrogen-bond donors (Lipinski definition) is 2. The summed E-state index contributed by atoms with van der Waals surface area (Å²) < 4.78 is 2.48. The molecule has 8 heteroatoms. The van der Waals surface area contributed by atoms with E-state index in [9.17, 15) is 9.59 Å². The minimum atomic E-state index is -0.371. The molecular formula is C13H20N6O2. The van der Waals surface area contributed by atoms with E-state index >= 15 is 0 Å². The van der Waals surface area contributed by atoms with Crippen LogP contribution in [0.5, 0.6) is 0 Å². The lowest BCUT2D eigenvalue weighted by atomic mass is 9.99. The van der Waals surface area contributed by atoms with E-state index in [-0.39, 0.29) is 11.2 Å². The highest BCUT2D eigenvalue weighted by Gasteiger charge is 2.22. The molecule has 2 aromatic heterocycles. The molecular weight excluding hydrogens is 272 g/mol. The van der Waals surface area contributed by atoms with E-state index in [0.29, 0.717) is 29.6 Å². The fourth-order valence-electron chi connectivity index (χ4n) is 2.91. The summed E-state index contributed by atoms with van der Waals surface area (Å²) in [7, 11) is 3.09. The Bertz CT molecular complexity index is 786. The Morgan fingerprint density at radius 3 is 2.81 bits per heavy atom. The van der Waals surface area contributed by atoms with Crippen molar-refractivity contribution in [3.63, 3.8) is 0 Å². The zero-order chi connectivity index (χ0) is 15.1. The lowest BCUT2D eigenvalue weighted by Crippen LogP contribution is -2.38. The first-order valence-electron chi connectivity index (χ1n) is 7.13. The van der Waals surface area contributed by atoms with Crippen molar-refractivity contribution in [3.8, 4) is 0 Å². The summed E-state index contributed by atoms with van der Waals surface area (Å²) in [5, 5.41) is 0. The molecule has 21 heavy (non-hydrogen) atoms. The summed E-state index contributed by atoms with van der Waals surface area (Å²) in [6, 6.07) is 0. The standard InChI is InChI=1S/C13H20N6O2/c1-17-10-9(11(20)18(2)13(17)21)15-12(16-10)19-5-3-4-8(6-14)7-19/h8H,3-7,14H2,1-2H3,(H,15,16). The van der Waals surface area contributed by atoms with Crippen LogP contribution in [0.3, 0.4) is 0 Å². The quantitative estimate of drug-likeness (QED) is 0.749. The van der Waals surface area contributed by atoms with Crippen molar-refractivity contribution in [3.05, 3.63) is 20.8 Å². The Morgan fingerprint density at radius 2 is 2.10 bits per heavy atom. The van der Waals surface area contributed by atoms with Gasteiger partial charge in [0.05, 0.1) is 0 Å². The van der Waals surface area contributed by atoms with E-state index in [1.165, 1.54) is 11.6 Å². The van der Waals surface area contributed by atoms with Gasteiger partial charge in [0.15, 0.2) is 11.2 Å². The fraction of sp³-hybridized carbons (Fsp3) is 0.615. The third-order valence-corrected chi connectivity index (χ3v) is 4.23. The number of rotatable bonds is 2. The maximum absolute atomic E-state index is 12.2. The van der Waals surface area contributed by atoms with Crippen LogP contribution in [0.15, 0.2) is 9.59 Å². The Labute approximate surface area is 121 Å². The molecule has 0 bridgehead atoms. The first-order chi connectivity index (χ1) is 10.0. The summed E-state index contributed by atoms with van der Waals surface area (Å²) in [5.41, 5.74) is 5.79. The molecule has 0 aromatic carbocycles. The highest BCUT2D eigenvalue weighted by Crippen LogP contribution is 2.21. The van der Waals surface area contributed by atoms with Gasteiger partial charge in [-0.25, -0.2) is 4.79 Å². The second kappa shape index (κ2) is 5.03. The average molecular weight is 292 g/mol. The molecule has 0 radical (unpaired) electrons. The molecule has 0 aliphatic carbocycles. The average Bonchev–Trinajstić information content (AvgIpc) is 2.96. The van der Waals surface area contributed by atoms with Gasteiger partial charge in [0.25, 0.3) is 5.56 Å². The Balaban J connectivity index is 2.10. The van der Waals surface area contributed by atoms with Crippen LogP contribution in [0.4, 0.5) is 5.95 Å². The molecule has 3 heterocycles. The maximum Gasteiger partial charge on any atom is 0.332 e. The molecule has 1 aliphatic heterocycles. The highest BCUT2D eigenvalue weighted by molar-refractivity contribution is 5.73. The van der Waals surface area contributed by atoms with Gasteiger partial charge < -0.3 is 15.6 Å². The van der Waals surface area contributed by atoms with Gasteiger partial charge in [-0.2, -0.15) is 4.98 Å². The van der Waals surface area contributed by atoms with Crippen molar-refractivity contribution in [1.82, 2.24) is 19.1 Å². The van der Waals surface area contributed by atoms with Crippen molar-refractivity contribution < 1.29 is 0 Å². The smallest absolute Gasteiger partial charge is 0.332 e. The molecule has 1 saturated heterocycles. The molecule has 1 atom stereocenters. The SMILES string of the molecule is Cn1c(=O)c2[nH]c(N3CCCC(CN)C3)nc2n(C)c1=O. The second-order valence-corrected chi connectivity index (χ2v) is 5.65. The number of aryl methyl sites for hydroxylation is 1. The van der Waals surface area contributed by atoms with Crippen LogP contribution in [0.25, 0.3) is 11.2 Å². The van der Waals surface area contributed by atoms with Crippen LogP contribution in [0.1, 0.15) is 12.8 Å². The minimum Gasteiger partial charge on any atom is -0.342 e. The predicted molar refractivity (Wildman–Crippen MR) is 80.6 cm³/mol. The molecule has 0 spiro atoms. The lowest BCUT2D eigenvalue weighted by molar-refractivity contribution is 0.420. The Kier molecular flexibility index (Phi) is 3.32. The summed E-state index contributed by atoms with van der Waals surface area (Å²) in [6.45, 7) is 2.35. The number of H-pyrrole nitrogens is 1. The van der Waals surface area contributed by atoms with Gasteiger partial charge in [0.2, 0.25) is 5.95 Å². The number of aromatic amines is 1. The van der Waals surface area contributed by atoms with Crippen molar-refractivity contribution in [2.75, 3.05) is 24.5 Å². The van der Waals surface area contributed by atoms with Crippen LogP contribution in [-0.2, 0) is 14.1 Å². The number of hydrogen-bond acceptors (Lipinski definition) is 5. The van der Waals surface area contributed by atoms with E-state index in [1.54, 1.807) is 7.05 Å². The molecule has 0 amide bonds. The molecule has 1 aliphatic rings. The molecule has 3 N–H and O–H groups in total. The number of anilines is 1. The van der Waals surface area contributed by atoms with E-state index in [1.807, 2.05) is 0 Å². The number of nitrogens with one attached hydrogen (secondary N) is 1. The monoisotopic (exact) mass is 292 g/mol. The number of piperidine rings is 1. The van der Waals surface area contributed by atoms with Crippen molar-refractivity contribution in [2.24, 2.45) is 25.7 Å². The minimum absolute atomic E-state index is 0.348. The number of fused-ring (bicyclic) bond motifs is 1. The van der Waals surface area contributed by atoms with Crippen LogP contribution in [0, 0.1) is 5.92 Å². The van der Waals surface area contributed by atoms with Crippen LogP contribution < -0.4 is 21.9 Å². The largest absolute Gasteiger partial charge is 0.342 e. The van der Waals surface area contributed by atoms with Crippen molar-refractivity contribution >= 4 is 17.1 Å². The van der Waals surface area contributed by atoms with Gasteiger partial charge in [-0.05, 0) is 25.3 Å². The van der Waals surface area contributed by atoms with E-state index in [2.05, 4.69) is 14.9 Å². The first kappa shape index (κ1) is 13.9. The van der Waals surface area contributed by atoms with Gasteiger partial charge in [-0.1, -0.05) is 0 Å². The van der Waals surface area contributed by atoms with Gasteiger partial charge in [0.1, 0.15) is 0 Å². The highest BCUT2D eigenvalue weighted by atomic mass is 16.2. The Hall–Kier alpha value is -2.09. The van der Waals surface area contributed by atoms with Crippen molar-refractivity contribution in [1.29, 1.82) is 0 Å². The number of aromatic nitrogens is 4. The predicted octanol–water partition coefficient (Wildman–Crippen LogP) is -0.865. The van der Waals surface area contributed by atoms with Gasteiger partial charge >= 0.3 is 5.69 Å². The molecule has 1 fully saturated rings.